The molecule has 1 amide bonds. The van der Waals surface area contributed by atoms with E-state index >= 15 is 0 Å². The van der Waals surface area contributed by atoms with E-state index in [1.165, 1.54) is 0 Å². The Bertz CT molecular complexity index is 326. The van der Waals surface area contributed by atoms with Crippen molar-refractivity contribution in [3.05, 3.63) is 22.4 Å². The largest absolute Gasteiger partial charge is 0.372 e. The summed E-state index contributed by atoms with van der Waals surface area (Å²) < 4.78 is 5.59. The molecule has 15 heavy (non-hydrogen) atoms. The van der Waals surface area contributed by atoms with E-state index in [0.717, 1.165) is 5.56 Å². The van der Waals surface area contributed by atoms with Crippen molar-refractivity contribution in [3.63, 3.8) is 0 Å². The Morgan fingerprint density at radius 2 is 2.13 bits per heavy atom. The first-order valence-corrected chi connectivity index (χ1v) is 6.08. The van der Waals surface area contributed by atoms with Crippen LogP contribution in [-0.2, 0) is 4.74 Å². The zero-order valence-corrected chi connectivity index (χ0v) is 9.79. The van der Waals surface area contributed by atoms with Crippen LogP contribution in [0.15, 0.2) is 16.8 Å². The normalized spacial score (nSPS) is 26.7. The Balaban J connectivity index is 2.07. The molecule has 2 unspecified atom stereocenters. The Morgan fingerprint density at radius 3 is 2.67 bits per heavy atom. The lowest BCUT2D eigenvalue weighted by atomic mass is 10.2. The van der Waals surface area contributed by atoms with Gasteiger partial charge in [-0.2, -0.15) is 11.3 Å². The maximum atomic E-state index is 12.0. The van der Waals surface area contributed by atoms with Crippen LogP contribution in [0.25, 0.3) is 0 Å². The van der Waals surface area contributed by atoms with Gasteiger partial charge in [0.05, 0.1) is 17.8 Å². The molecule has 82 valence electrons. The van der Waals surface area contributed by atoms with Crippen molar-refractivity contribution in [2.75, 3.05) is 13.1 Å². The zero-order chi connectivity index (χ0) is 10.8. The van der Waals surface area contributed by atoms with Crippen LogP contribution < -0.4 is 0 Å². The van der Waals surface area contributed by atoms with E-state index < -0.39 is 0 Å². The molecule has 0 N–H and O–H groups in total. The van der Waals surface area contributed by atoms with Crippen molar-refractivity contribution in [3.8, 4) is 0 Å². The second-order valence-electron chi connectivity index (χ2n) is 3.98. The molecule has 0 saturated carbocycles. The molecular formula is C11H15NO2S. The van der Waals surface area contributed by atoms with Gasteiger partial charge in [-0.25, -0.2) is 0 Å². The average Bonchev–Trinajstić information content (AvgIpc) is 2.67. The summed E-state index contributed by atoms with van der Waals surface area (Å²) in [4.78, 5) is 13.9. The van der Waals surface area contributed by atoms with Gasteiger partial charge in [-0.1, -0.05) is 0 Å². The maximum Gasteiger partial charge on any atom is 0.254 e. The third-order valence-corrected chi connectivity index (χ3v) is 3.16. The number of carbonyl (C=O) groups excluding carboxylic acids is 1. The maximum absolute atomic E-state index is 12.0. The molecule has 1 fully saturated rings. The van der Waals surface area contributed by atoms with Crippen LogP contribution in [-0.4, -0.2) is 36.1 Å². The minimum atomic E-state index is 0.123. The van der Waals surface area contributed by atoms with Gasteiger partial charge >= 0.3 is 0 Å². The average molecular weight is 225 g/mol. The van der Waals surface area contributed by atoms with E-state index in [0.29, 0.717) is 13.1 Å². The number of carbonyl (C=O) groups is 1. The highest BCUT2D eigenvalue weighted by Gasteiger charge is 2.26. The fourth-order valence-electron chi connectivity index (χ4n) is 1.91. The van der Waals surface area contributed by atoms with E-state index in [1.807, 2.05) is 35.6 Å². The van der Waals surface area contributed by atoms with Crippen molar-refractivity contribution in [2.24, 2.45) is 0 Å². The first kappa shape index (κ1) is 10.6. The number of rotatable bonds is 1. The predicted octanol–water partition coefficient (Wildman–Crippen LogP) is 2.00. The van der Waals surface area contributed by atoms with E-state index in [2.05, 4.69) is 0 Å². The quantitative estimate of drug-likeness (QED) is 0.731. The van der Waals surface area contributed by atoms with Crippen LogP contribution >= 0.6 is 11.3 Å². The molecule has 0 aliphatic carbocycles. The van der Waals surface area contributed by atoms with E-state index in [9.17, 15) is 4.79 Å². The zero-order valence-electron chi connectivity index (χ0n) is 8.97. The summed E-state index contributed by atoms with van der Waals surface area (Å²) in [5.41, 5.74) is 0.793. The second-order valence-corrected chi connectivity index (χ2v) is 4.76. The van der Waals surface area contributed by atoms with Gasteiger partial charge in [0, 0.05) is 18.5 Å². The number of thiophene rings is 1. The molecule has 1 aliphatic heterocycles. The first-order chi connectivity index (χ1) is 7.16. The molecule has 0 aromatic carbocycles. The van der Waals surface area contributed by atoms with Crippen molar-refractivity contribution < 1.29 is 9.53 Å². The molecule has 1 saturated heterocycles. The molecule has 1 aromatic heterocycles. The van der Waals surface area contributed by atoms with Crippen LogP contribution in [0.2, 0.25) is 0 Å². The molecule has 2 rings (SSSR count). The number of hydrogen-bond acceptors (Lipinski definition) is 3. The Labute approximate surface area is 93.7 Å². The monoisotopic (exact) mass is 225 g/mol. The van der Waals surface area contributed by atoms with Gasteiger partial charge < -0.3 is 9.64 Å². The molecule has 0 spiro atoms. The van der Waals surface area contributed by atoms with E-state index in [1.54, 1.807) is 11.3 Å². The van der Waals surface area contributed by atoms with Crippen molar-refractivity contribution >= 4 is 17.2 Å². The van der Waals surface area contributed by atoms with Gasteiger partial charge in [0.15, 0.2) is 0 Å². The van der Waals surface area contributed by atoms with Gasteiger partial charge in [0.25, 0.3) is 5.91 Å². The molecule has 1 aliphatic rings. The van der Waals surface area contributed by atoms with Gasteiger partial charge in [-0.3, -0.25) is 4.79 Å². The summed E-state index contributed by atoms with van der Waals surface area (Å²) in [6.07, 6.45) is 0.271. The fourth-order valence-corrected chi connectivity index (χ4v) is 2.54. The molecule has 3 nitrogen and oxygen atoms in total. The number of morpholine rings is 1. The lowest BCUT2D eigenvalue weighted by molar-refractivity contribution is -0.0586. The Morgan fingerprint density at radius 1 is 1.47 bits per heavy atom. The summed E-state index contributed by atoms with van der Waals surface area (Å²) >= 11 is 1.55. The topological polar surface area (TPSA) is 29.5 Å². The molecule has 0 radical (unpaired) electrons. The van der Waals surface area contributed by atoms with Crippen molar-refractivity contribution in [2.45, 2.75) is 26.1 Å². The first-order valence-electron chi connectivity index (χ1n) is 5.13. The summed E-state index contributed by atoms with van der Waals surface area (Å²) in [7, 11) is 0. The number of hydrogen-bond donors (Lipinski definition) is 0. The second kappa shape index (κ2) is 4.33. The SMILES string of the molecule is CC1CN(C(=O)c2ccsc2)CC(C)O1. The van der Waals surface area contributed by atoms with Gasteiger partial charge in [-0.05, 0) is 25.3 Å². The van der Waals surface area contributed by atoms with Crippen LogP contribution in [0.3, 0.4) is 0 Å². The smallest absolute Gasteiger partial charge is 0.254 e. The molecule has 4 heteroatoms. The Hall–Kier alpha value is -0.870. The number of amides is 1. The predicted molar refractivity (Wildman–Crippen MR) is 60.2 cm³/mol. The highest BCUT2D eigenvalue weighted by molar-refractivity contribution is 7.08. The van der Waals surface area contributed by atoms with Crippen LogP contribution in [0.1, 0.15) is 24.2 Å². The van der Waals surface area contributed by atoms with E-state index in [-0.39, 0.29) is 18.1 Å². The highest BCUT2D eigenvalue weighted by Crippen LogP contribution is 2.15. The minimum absolute atomic E-state index is 0.123. The van der Waals surface area contributed by atoms with Crippen LogP contribution in [0.5, 0.6) is 0 Å². The summed E-state index contributed by atoms with van der Waals surface area (Å²) in [6, 6.07) is 1.87. The highest BCUT2D eigenvalue weighted by atomic mass is 32.1. The van der Waals surface area contributed by atoms with Gasteiger partial charge in [0.1, 0.15) is 0 Å². The number of ether oxygens (including phenoxy) is 1. The standard InChI is InChI=1S/C11H15NO2S/c1-8-5-12(6-9(2)14-8)11(13)10-3-4-15-7-10/h3-4,7-9H,5-6H2,1-2H3. The van der Waals surface area contributed by atoms with Crippen molar-refractivity contribution in [1.82, 2.24) is 4.90 Å². The summed E-state index contributed by atoms with van der Waals surface area (Å²) in [5.74, 6) is 0.123. The molecule has 2 atom stereocenters. The lowest BCUT2D eigenvalue weighted by Gasteiger charge is -2.35. The van der Waals surface area contributed by atoms with Crippen LogP contribution in [0.4, 0.5) is 0 Å². The van der Waals surface area contributed by atoms with Crippen molar-refractivity contribution in [1.29, 1.82) is 0 Å². The molecule has 0 bridgehead atoms. The summed E-state index contributed by atoms with van der Waals surface area (Å²) in [6.45, 7) is 5.39. The summed E-state index contributed by atoms with van der Waals surface area (Å²) in [5, 5.41) is 3.83. The third-order valence-electron chi connectivity index (χ3n) is 2.47. The number of nitrogens with zero attached hydrogens (tertiary/aromatic N) is 1. The molecular weight excluding hydrogens is 210 g/mol. The van der Waals surface area contributed by atoms with Gasteiger partial charge in [0.2, 0.25) is 0 Å². The van der Waals surface area contributed by atoms with Crippen LogP contribution in [0, 0.1) is 0 Å². The molecule has 2 heterocycles. The minimum Gasteiger partial charge on any atom is -0.372 e. The third kappa shape index (κ3) is 2.38. The molecule has 1 aromatic rings. The van der Waals surface area contributed by atoms with E-state index in [4.69, 9.17) is 4.74 Å². The van der Waals surface area contributed by atoms with Gasteiger partial charge in [-0.15, -0.1) is 0 Å². The fraction of sp³-hybridized carbons (Fsp3) is 0.545. The Kier molecular flexibility index (Phi) is 3.07. The lowest BCUT2D eigenvalue weighted by Crippen LogP contribution is -2.48.